The van der Waals surface area contributed by atoms with Crippen LogP contribution in [0.2, 0.25) is 0 Å². The topological polar surface area (TPSA) is 97.8 Å². The van der Waals surface area contributed by atoms with Crippen LogP contribution in [-0.4, -0.2) is 41.2 Å². The third-order valence-electron chi connectivity index (χ3n) is 7.44. The standard InChI is InChI=1S/C31H36N2O5/c1-21-25(17-16-22-10-5-3-6-11-22)24(20-23-12-7-4-8-13-23)14-9-15-26(31(36)38-21)33-30(35)28-29(34)27(37-2)18-19-32-28/h3-8,10-13,18-19,21,24-26,34H,9,14-17,20H2,1-2H3,(H,33,35)/t21-,24+,25-,26-/m0/s1. The highest BCUT2D eigenvalue weighted by Crippen LogP contribution is 2.33. The van der Waals surface area contributed by atoms with E-state index in [1.807, 2.05) is 31.2 Å². The number of aromatic nitrogens is 1. The second-order valence-corrected chi connectivity index (χ2v) is 9.95. The van der Waals surface area contributed by atoms with E-state index in [9.17, 15) is 14.7 Å². The maximum absolute atomic E-state index is 13.2. The first-order valence-corrected chi connectivity index (χ1v) is 13.3. The van der Waals surface area contributed by atoms with Crippen LogP contribution in [0.5, 0.6) is 11.5 Å². The molecule has 1 saturated heterocycles. The molecule has 1 aliphatic rings. The van der Waals surface area contributed by atoms with Gasteiger partial charge in [0.1, 0.15) is 12.1 Å². The lowest BCUT2D eigenvalue weighted by Gasteiger charge is -2.31. The summed E-state index contributed by atoms with van der Waals surface area (Å²) in [6, 6.07) is 21.4. The fraction of sp³-hybridized carbons (Fsp3) is 0.387. The fourth-order valence-corrected chi connectivity index (χ4v) is 5.40. The van der Waals surface area contributed by atoms with Crippen LogP contribution in [0.1, 0.15) is 54.2 Å². The van der Waals surface area contributed by atoms with Gasteiger partial charge in [-0.25, -0.2) is 9.78 Å². The first kappa shape index (κ1) is 27.2. The Morgan fingerprint density at radius 2 is 1.74 bits per heavy atom. The molecule has 1 amide bonds. The molecule has 3 aromatic rings. The summed E-state index contributed by atoms with van der Waals surface area (Å²) in [4.78, 5) is 30.2. The number of amides is 1. The number of methoxy groups -OCH3 is 1. The zero-order chi connectivity index (χ0) is 26.9. The molecule has 0 radical (unpaired) electrons. The molecule has 0 saturated carbocycles. The van der Waals surface area contributed by atoms with Gasteiger partial charge in [-0.3, -0.25) is 4.79 Å². The summed E-state index contributed by atoms with van der Waals surface area (Å²) >= 11 is 0. The number of cyclic esters (lactones) is 1. The third kappa shape index (κ3) is 6.91. The van der Waals surface area contributed by atoms with Gasteiger partial charge in [0.25, 0.3) is 5.91 Å². The Morgan fingerprint density at radius 3 is 2.42 bits per heavy atom. The number of nitrogens with zero attached hydrogens (tertiary/aromatic N) is 1. The Labute approximate surface area is 224 Å². The zero-order valence-electron chi connectivity index (χ0n) is 22.0. The highest BCUT2D eigenvalue weighted by atomic mass is 16.5. The van der Waals surface area contributed by atoms with E-state index in [1.54, 1.807) is 0 Å². The molecule has 4 atom stereocenters. The van der Waals surface area contributed by atoms with E-state index in [0.29, 0.717) is 12.3 Å². The number of pyridine rings is 1. The number of rotatable bonds is 8. The van der Waals surface area contributed by atoms with Gasteiger partial charge < -0.3 is 19.9 Å². The van der Waals surface area contributed by atoms with E-state index >= 15 is 0 Å². The lowest BCUT2D eigenvalue weighted by atomic mass is 9.77. The quantitative estimate of drug-likeness (QED) is 0.404. The van der Waals surface area contributed by atoms with Gasteiger partial charge in [0, 0.05) is 12.3 Å². The van der Waals surface area contributed by atoms with Crippen LogP contribution >= 0.6 is 0 Å². The molecule has 4 rings (SSSR count). The van der Waals surface area contributed by atoms with Gasteiger partial charge in [-0.15, -0.1) is 0 Å². The molecule has 2 heterocycles. The van der Waals surface area contributed by atoms with Crippen molar-refractivity contribution >= 4 is 11.9 Å². The highest BCUT2D eigenvalue weighted by Gasteiger charge is 2.34. The van der Waals surface area contributed by atoms with Crippen LogP contribution < -0.4 is 10.1 Å². The number of carbonyl (C=O) groups is 2. The van der Waals surface area contributed by atoms with Crippen LogP contribution in [0.15, 0.2) is 72.9 Å². The molecule has 7 nitrogen and oxygen atoms in total. The SMILES string of the molecule is COc1ccnc(C(=O)N[C@H]2CCC[C@H](Cc3ccccc3)[C@@H](CCc3ccccc3)[C@H](C)OC2=O)c1O. The predicted molar refractivity (Wildman–Crippen MR) is 145 cm³/mol. The Hall–Kier alpha value is -3.87. The molecule has 1 fully saturated rings. The summed E-state index contributed by atoms with van der Waals surface area (Å²) in [5.74, 6) is -0.836. The summed E-state index contributed by atoms with van der Waals surface area (Å²) in [7, 11) is 1.40. The molecule has 0 aliphatic carbocycles. The number of esters is 1. The molecule has 7 heteroatoms. The van der Waals surface area contributed by atoms with Crippen LogP contribution in [0, 0.1) is 11.8 Å². The molecule has 0 spiro atoms. The summed E-state index contributed by atoms with van der Waals surface area (Å²) in [5.41, 5.74) is 2.34. The molecular formula is C31H36N2O5. The molecule has 1 aromatic heterocycles. The minimum absolute atomic E-state index is 0.140. The number of hydrogen-bond donors (Lipinski definition) is 2. The lowest BCUT2D eigenvalue weighted by Crippen LogP contribution is -2.43. The minimum Gasteiger partial charge on any atom is -0.503 e. The van der Waals surface area contributed by atoms with Crippen molar-refractivity contribution in [2.75, 3.05) is 7.11 Å². The second-order valence-electron chi connectivity index (χ2n) is 9.95. The van der Waals surface area contributed by atoms with Gasteiger partial charge in [-0.05, 0) is 62.0 Å². The number of aryl methyl sites for hydroxylation is 1. The largest absolute Gasteiger partial charge is 0.503 e. The van der Waals surface area contributed by atoms with Gasteiger partial charge in [-0.2, -0.15) is 0 Å². The third-order valence-corrected chi connectivity index (χ3v) is 7.44. The van der Waals surface area contributed by atoms with E-state index in [1.165, 1.54) is 30.5 Å². The van der Waals surface area contributed by atoms with Gasteiger partial charge in [0.2, 0.25) is 0 Å². The Morgan fingerprint density at radius 1 is 1.05 bits per heavy atom. The first-order valence-electron chi connectivity index (χ1n) is 13.3. The van der Waals surface area contributed by atoms with Gasteiger partial charge in [0.05, 0.1) is 7.11 Å². The maximum atomic E-state index is 13.2. The molecule has 2 aromatic carbocycles. The molecule has 38 heavy (non-hydrogen) atoms. The maximum Gasteiger partial charge on any atom is 0.328 e. The predicted octanol–water partition coefficient (Wildman–Crippen LogP) is 5.12. The smallest absolute Gasteiger partial charge is 0.328 e. The fourth-order valence-electron chi connectivity index (χ4n) is 5.40. The van der Waals surface area contributed by atoms with Crippen molar-refractivity contribution in [3.63, 3.8) is 0 Å². The zero-order valence-corrected chi connectivity index (χ0v) is 22.0. The van der Waals surface area contributed by atoms with Crippen LogP contribution in [0.25, 0.3) is 0 Å². The summed E-state index contributed by atoms with van der Waals surface area (Å²) in [6.07, 6.45) is 5.87. The minimum atomic E-state index is -0.831. The average molecular weight is 517 g/mol. The molecule has 0 bridgehead atoms. The van der Waals surface area contributed by atoms with Crippen LogP contribution in [-0.2, 0) is 22.4 Å². The average Bonchev–Trinajstić information content (AvgIpc) is 2.97. The van der Waals surface area contributed by atoms with Crippen molar-refractivity contribution in [1.29, 1.82) is 0 Å². The number of nitrogens with one attached hydrogen (secondary N) is 1. The summed E-state index contributed by atoms with van der Waals surface area (Å²) in [5, 5.41) is 13.1. The van der Waals surface area contributed by atoms with E-state index in [2.05, 4.69) is 46.7 Å². The van der Waals surface area contributed by atoms with Crippen molar-refractivity contribution in [2.45, 2.75) is 57.6 Å². The molecular weight excluding hydrogens is 480 g/mol. The van der Waals surface area contributed by atoms with Gasteiger partial charge in [-0.1, -0.05) is 67.1 Å². The van der Waals surface area contributed by atoms with Crippen molar-refractivity contribution in [2.24, 2.45) is 11.8 Å². The first-order chi connectivity index (χ1) is 18.5. The van der Waals surface area contributed by atoms with Crippen molar-refractivity contribution in [1.82, 2.24) is 10.3 Å². The Kier molecular flexibility index (Phi) is 9.35. The van der Waals surface area contributed by atoms with Crippen molar-refractivity contribution in [3.8, 4) is 11.5 Å². The lowest BCUT2D eigenvalue weighted by molar-refractivity contribution is -0.154. The second kappa shape index (κ2) is 13.1. The molecule has 1 aliphatic heterocycles. The van der Waals surface area contributed by atoms with Gasteiger partial charge in [0.15, 0.2) is 17.2 Å². The Balaban J connectivity index is 1.52. The van der Waals surface area contributed by atoms with Crippen LogP contribution in [0.3, 0.4) is 0 Å². The number of aromatic hydroxyl groups is 1. The van der Waals surface area contributed by atoms with E-state index in [0.717, 1.165) is 32.1 Å². The molecule has 200 valence electrons. The van der Waals surface area contributed by atoms with Crippen LogP contribution in [0.4, 0.5) is 0 Å². The molecule has 0 unspecified atom stereocenters. The normalized spacial score (nSPS) is 21.9. The Bertz CT molecular complexity index is 1200. The number of ether oxygens (including phenoxy) is 2. The van der Waals surface area contributed by atoms with E-state index in [4.69, 9.17) is 9.47 Å². The number of carbonyl (C=O) groups excluding carboxylic acids is 2. The highest BCUT2D eigenvalue weighted by molar-refractivity contribution is 5.97. The van der Waals surface area contributed by atoms with E-state index in [-0.39, 0.29) is 29.2 Å². The number of hydrogen-bond acceptors (Lipinski definition) is 6. The van der Waals surface area contributed by atoms with Crippen molar-refractivity contribution in [3.05, 3.63) is 89.7 Å². The summed E-state index contributed by atoms with van der Waals surface area (Å²) < 4.78 is 11.1. The van der Waals surface area contributed by atoms with E-state index < -0.39 is 17.9 Å². The van der Waals surface area contributed by atoms with Crippen molar-refractivity contribution < 1.29 is 24.2 Å². The monoisotopic (exact) mass is 516 g/mol. The number of benzene rings is 2. The summed E-state index contributed by atoms with van der Waals surface area (Å²) in [6.45, 7) is 1.96. The van der Waals surface area contributed by atoms with Gasteiger partial charge >= 0.3 is 5.97 Å². The molecule has 2 N–H and O–H groups in total.